The third-order valence-electron chi connectivity index (χ3n) is 1.95. The average molecular weight is 255 g/mol. The molecule has 0 aromatic heterocycles. The van der Waals surface area contributed by atoms with Gasteiger partial charge in [0.2, 0.25) is 0 Å². The van der Waals surface area contributed by atoms with Crippen molar-refractivity contribution in [2.24, 2.45) is 5.73 Å². The smallest absolute Gasteiger partial charge is 0.0992 e. The van der Waals surface area contributed by atoms with Crippen LogP contribution in [-0.4, -0.2) is 11.2 Å². The first kappa shape index (κ1) is 11.2. The molecule has 0 aliphatic heterocycles. The molecular weight excluding hydrogens is 244 g/mol. The number of aliphatic hydroxyl groups is 1. The van der Waals surface area contributed by atoms with Crippen molar-refractivity contribution in [1.82, 2.24) is 0 Å². The van der Waals surface area contributed by atoms with Gasteiger partial charge in [0.25, 0.3) is 0 Å². The van der Waals surface area contributed by atoms with Gasteiger partial charge in [0.15, 0.2) is 0 Å². The molecule has 14 heavy (non-hydrogen) atoms. The van der Waals surface area contributed by atoms with Crippen LogP contribution in [0.4, 0.5) is 0 Å². The van der Waals surface area contributed by atoms with Crippen LogP contribution in [0.3, 0.4) is 0 Å². The molecule has 0 radical (unpaired) electrons. The fraction of sp³-hybridized carbons (Fsp3) is 0.300. The molecule has 0 aliphatic rings. The Morgan fingerprint density at radius 3 is 2.64 bits per heavy atom. The zero-order valence-corrected chi connectivity index (χ0v) is 9.32. The molecule has 2 atom stereocenters. The Morgan fingerprint density at radius 1 is 1.50 bits per heavy atom. The third kappa shape index (κ3) is 2.55. The minimum atomic E-state index is -0.629. The SMILES string of the molecule is C[C@@H](O)[C@H](N)c1cc(Br)cc(C#N)c1. The van der Waals surface area contributed by atoms with E-state index in [9.17, 15) is 5.11 Å². The van der Waals surface area contributed by atoms with Crippen LogP contribution >= 0.6 is 15.9 Å². The zero-order chi connectivity index (χ0) is 10.7. The van der Waals surface area contributed by atoms with E-state index >= 15 is 0 Å². The Kier molecular flexibility index (Phi) is 3.64. The molecule has 4 heteroatoms. The Hall–Kier alpha value is -0.890. The van der Waals surface area contributed by atoms with E-state index in [0.717, 1.165) is 10.0 Å². The summed E-state index contributed by atoms with van der Waals surface area (Å²) < 4.78 is 0.794. The second-order valence-corrected chi connectivity index (χ2v) is 4.07. The molecule has 0 heterocycles. The van der Waals surface area contributed by atoms with E-state index in [1.807, 2.05) is 6.07 Å². The summed E-state index contributed by atoms with van der Waals surface area (Å²) in [7, 11) is 0. The van der Waals surface area contributed by atoms with Gasteiger partial charge in [-0.1, -0.05) is 15.9 Å². The molecule has 0 amide bonds. The van der Waals surface area contributed by atoms with Gasteiger partial charge in [-0.3, -0.25) is 0 Å². The van der Waals surface area contributed by atoms with Crippen molar-refractivity contribution in [2.45, 2.75) is 19.1 Å². The van der Waals surface area contributed by atoms with E-state index in [1.54, 1.807) is 25.1 Å². The third-order valence-corrected chi connectivity index (χ3v) is 2.41. The Bertz CT molecular complexity index is 371. The maximum Gasteiger partial charge on any atom is 0.0992 e. The van der Waals surface area contributed by atoms with Gasteiger partial charge in [0, 0.05) is 4.47 Å². The zero-order valence-electron chi connectivity index (χ0n) is 7.74. The number of hydrogen-bond acceptors (Lipinski definition) is 3. The molecular formula is C10H11BrN2O. The normalized spacial score (nSPS) is 14.5. The van der Waals surface area contributed by atoms with E-state index in [1.165, 1.54) is 0 Å². The van der Waals surface area contributed by atoms with Crippen molar-refractivity contribution in [3.8, 4) is 6.07 Å². The topological polar surface area (TPSA) is 70.0 Å². The average Bonchev–Trinajstić information content (AvgIpc) is 2.15. The predicted octanol–water partition coefficient (Wildman–Crippen LogP) is 1.70. The fourth-order valence-corrected chi connectivity index (χ4v) is 1.66. The van der Waals surface area contributed by atoms with Crippen molar-refractivity contribution in [1.29, 1.82) is 5.26 Å². The maximum atomic E-state index is 9.31. The number of aliphatic hydroxyl groups excluding tert-OH is 1. The Balaban J connectivity index is 3.10. The Labute approximate surface area is 91.3 Å². The van der Waals surface area contributed by atoms with Gasteiger partial charge in [-0.2, -0.15) is 5.26 Å². The summed E-state index contributed by atoms with van der Waals surface area (Å²) in [6, 6.07) is 6.77. The van der Waals surface area contributed by atoms with Crippen LogP contribution in [0.2, 0.25) is 0 Å². The minimum Gasteiger partial charge on any atom is -0.391 e. The lowest BCUT2D eigenvalue weighted by atomic mass is 10.0. The van der Waals surface area contributed by atoms with Gasteiger partial charge in [0.1, 0.15) is 0 Å². The number of benzene rings is 1. The van der Waals surface area contributed by atoms with E-state index in [4.69, 9.17) is 11.0 Å². The van der Waals surface area contributed by atoms with Crippen LogP contribution in [0.15, 0.2) is 22.7 Å². The highest BCUT2D eigenvalue weighted by atomic mass is 79.9. The van der Waals surface area contributed by atoms with E-state index < -0.39 is 12.1 Å². The summed E-state index contributed by atoms with van der Waals surface area (Å²) in [6.45, 7) is 1.62. The highest BCUT2D eigenvalue weighted by molar-refractivity contribution is 9.10. The molecule has 3 N–H and O–H groups in total. The molecule has 1 rings (SSSR count). The lowest BCUT2D eigenvalue weighted by Crippen LogP contribution is -2.23. The molecule has 0 aliphatic carbocycles. The van der Waals surface area contributed by atoms with Gasteiger partial charge in [-0.05, 0) is 30.7 Å². The largest absolute Gasteiger partial charge is 0.391 e. The van der Waals surface area contributed by atoms with E-state index in [0.29, 0.717) is 5.56 Å². The van der Waals surface area contributed by atoms with Crippen LogP contribution in [-0.2, 0) is 0 Å². The molecule has 74 valence electrons. The molecule has 0 saturated carbocycles. The number of halogens is 1. The van der Waals surface area contributed by atoms with Crippen molar-refractivity contribution < 1.29 is 5.11 Å². The summed E-state index contributed by atoms with van der Waals surface area (Å²) in [5.41, 5.74) is 7.04. The van der Waals surface area contributed by atoms with Crippen molar-refractivity contribution in [3.05, 3.63) is 33.8 Å². The number of nitriles is 1. The lowest BCUT2D eigenvalue weighted by molar-refractivity contribution is 0.164. The van der Waals surface area contributed by atoms with Crippen LogP contribution in [0, 0.1) is 11.3 Å². The predicted molar refractivity (Wildman–Crippen MR) is 57.5 cm³/mol. The van der Waals surface area contributed by atoms with E-state index in [2.05, 4.69) is 15.9 Å². The number of nitrogens with two attached hydrogens (primary N) is 1. The summed E-state index contributed by atoms with van der Waals surface area (Å²) in [5.74, 6) is 0. The minimum absolute atomic E-state index is 0.459. The van der Waals surface area contributed by atoms with Gasteiger partial charge in [-0.15, -0.1) is 0 Å². The quantitative estimate of drug-likeness (QED) is 0.844. The molecule has 0 fully saturated rings. The van der Waals surface area contributed by atoms with Crippen molar-refractivity contribution >= 4 is 15.9 Å². The molecule has 1 aromatic carbocycles. The first-order valence-corrected chi connectivity index (χ1v) is 4.98. The van der Waals surface area contributed by atoms with Crippen molar-refractivity contribution in [3.63, 3.8) is 0 Å². The van der Waals surface area contributed by atoms with Gasteiger partial charge in [0.05, 0.1) is 23.8 Å². The summed E-state index contributed by atoms with van der Waals surface area (Å²) in [4.78, 5) is 0. The first-order valence-electron chi connectivity index (χ1n) is 4.19. The maximum absolute atomic E-state index is 9.31. The highest BCUT2D eigenvalue weighted by Gasteiger charge is 2.13. The van der Waals surface area contributed by atoms with Crippen LogP contribution in [0.1, 0.15) is 24.1 Å². The van der Waals surface area contributed by atoms with Crippen LogP contribution in [0.5, 0.6) is 0 Å². The van der Waals surface area contributed by atoms with E-state index in [-0.39, 0.29) is 0 Å². The van der Waals surface area contributed by atoms with Gasteiger partial charge in [-0.25, -0.2) is 0 Å². The molecule has 3 nitrogen and oxygen atoms in total. The summed E-state index contributed by atoms with van der Waals surface area (Å²) in [5, 5.41) is 18.0. The summed E-state index contributed by atoms with van der Waals surface area (Å²) >= 11 is 3.28. The highest BCUT2D eigenvalue weighted by Crippen LogP contribution is 2.21. The monoisotopic (exact) mass is 254 g/mol. The summed E-state index contributed by atoms with van der Waals surface area (Å²) in [6.07, 6.45) is -0.629. The second-order valence-electron chi connectivity index (χ2n) is 3.15. The molecule has 0 unspecified atom stereocenters. The number of hydrogen-bond donors (Lipinski definition) is 2. The number of rotatable bonds is 2. The molecule has 0 bridgehead atoms. The Morgan fingerprint density at radius 2 is 2.14 bits per heavy atom. The lowest BCUT2D eigenvalue weighted by Gasteiger charge is -2.15. The van der Waals surface area contributed by atoms with Crippen molar-refractivity contribution in [2.75, 3.05) is 0 Å². The van der Waals surface area contributed by atoms with Crippen LogP contribution in [0.25, 0.3) is 0 Å². The standard InChI is InChI=1S/C10H11BrN2O/c1-6(14)10(13)8-2-7(5-12)3-9(11)4-8/h2-4,6,10,14H,13H2,1H3/t6-,10+/m1/s1. The molecule has 0 spiro atoms. The molecule has 1 aromatic rings. The van der Waals surface area contributed by atoms with Crippen LogP contribution < -0.4 is 5.73 Å². The first-order chi connectivity index (χ1) is 6.54. The van der Waals surface area contributed by atoms with Gasteiger partial charge < -0.3 is 10.8 Å². The number of nitrogens with zero attached hydrogens (tertiary/aromatic N) is 1. The second kappa shape index (κ2) is 4.56. The fourth-order valence-electron chi connectivity index (χ4n) is 1.15. The molecule has 0 saturated heterocycles. The van der Waals surface area contributed by atoms with Gasteiger partial charge >= 0.3 is 0 Å².